The van der Waals surface area contributed by atoms with Gasteiger partial charge in [-0.25, -0.2) is 13.4 Å². The number of nitrogens with zero attached hydrogens (tertiary/aromatic N) is 2. The number of hydrogen-bond donors (Lipinski definition) is 1. The molecule has 1 aliphatic heterocycles. The third-order valence-corrected chi connectivity index (χ3v) is 7.39. The number of rotatable bonds is 5. The van der Waals surface area contributed by atoms with Gasteiger partial charge in [0.1, 0.15) is 5.82 Å². The van der Waals surface area contributed by atoms with Crippen LogP contribution in [0.3, 0.4) is 0 Å². The molecule has 3 rings (SSSR count). The third-order valence-electron chi connectivity index (χ3n) is 4.54. The minimum atomic E-state index is -3.00. The SMILES string of the molecule is CC(C)(CNc1ccc(C(=O)N2CCS(=O)(=O)CC2)cn1)c1cccs1. The molecule has 140 valence electrons. The van der Waals surface area contributed by atoms with Crippen LogP contribution >= 0.6 is 11.3 Å². The summed E-state index contributed by atoms with van der Waals surface area (Å²) in [7, 11) is -3.00. The van der Waals surface area contributed by atoms with Gasteiger partial charge in [0.05, 0.1) is 17.1 Å². The van der Waals surface area contributed by atoms with Gasteiger partial charge >= 0.3 is 0 Å². The molecule has 1 saturated heterocycles. The lowest BCUT2D eigenvalue weighted by Crippen LogP contribution is -2.43. The van der Waals surface area contributed by atoms with Crippen molar-refractivity contribution in [1.82, 2.24) is 9.88 Å². The van der Waals surface area contributed by atoms with E-state index in [2.05, 4.69) is 35.6 Å². The first-order valence-corrected chi connectivity index (χ1v) is 11.2. The highest BCUT2D eigenvalue weighted by molar-refractivity contribution is 7.91. The maximum atomic E-state index is 12.5. The van der Waals surface area contributed by atoms with E-state index in [1.54, 1.807) is 34.6 Å². The summed E-state index contributed by atoms with van der Waals surface area (Å²) in [6.07, 6.45) is 1.55. The van der Waals surface area contributed by atoms with Crippen LogP contribution in [0.5, 0.6) is 0 Å². The molecule has 0 unspecified atom stereocenters. The van der Waals surface area contributed by atoms with E-state index in [4.69, 9.17) is 0 Å². The van der Waals surface area contributed by atoms with E-state index >= 15 is 0 Å². The topological polar surface area (TPSA) is 79.4 Å². The van der Waals surface area contributed by atoms with Crippen molar-refractivity contribution in [2.24, 2.45) is 0 Å². The minimum absolute atomic E-state index is 0.0103. The van der Waals surface area contributed by atoms with Crippen LogP contribution in [0.4, 0.5) is 5.82 Å². The predicted octanol–water partition coefficient (Wildman–Crippen LogP) is 2.40. The number of thiophene rings is 1. The van der Waals surface area contributed by atoms with Crippen molar-refractivity contribution in [2.45, 2.75) is 19.3 Å². The normalized spacial score (nSPS) is 17.1. The molecule has 3 heterocycles. The number of hydrogen-bond acceptors (Lipinski definition) is 6. The highest BCUT2D eigenvalue weighted by Crippen LogP contribution is 2.27. The van der Waals surface area contributed by atoms with Crippen molar-refractivity contribution >= 4 is 32.9 Å². The molecule has 0 spiro atoms. The molecule has 2 aromatic rings. The molecule has 26 heavy (non-hydrogen) atoms. The molecule has 0 aliphatic carbocycles. The van der Waals surface area contributed by atoms with Gasteiger partial charge in [0.15, 0.2) is 9.84 Å². The summed E-state index contributed by atoms with van der Waals surface area (Å²) in [6.45, 7) is 5.58. The molecule has 1 fully saturated rings. The molecule has 2 aromatic heterocycles. The van der Waals surface area contributed by atoms with E-state index in [0.717, 1.165) is 6.54 Å². The smallest absolute Gasteiger partial charge is 0.255 e. The Kier molecular flexibility index (Phi) is 5.34. The van der Waals surface area contributed by atoms with Gasteiger partial charge < -0.3 is 10.2 Å². The molecule has 0 radical (unpaired) electrons. The largest absolute Gasteiger partial charge is 0.369 e. The lowest BCUT2D eigenvalue weighted by Gasteiger charge is -2.26. The van der Waals surface area contributed by atoms with Gasteiger partial charge in [-0.3, -0.25) is 4.79 Å². The Morgan fingerprint density at radius 3 is 2.58 bits per heavy atom. The maximum Gasteiger partial charge on any atom is 0.255 e. The average molecular weight is 394 g/mol. The van der Waals surface area contributed by atoms with Crippen molar-refractivity contribution in [3.05, 3.63) is 46.3 Å². The molecule has 0 saturated carbocycles. The van der Waals surface area contributed by atoms with Crippen molar-refractivity contribution in [3.63, 3.8) is 0 Å². The van der Waals surface area contributed by atoms with Crippen LogP contribution in [-0.4, -0.2) is 55.3 Å². The Morgan fingerprint density at radius 2 is 2.00 bits per heavy atom. The minimum Gasteiger partial charge on any atom is -0.369 e. The lowest BCUT2D eigenvalue weighted by molar-refractivity contribution is 0.0770. The van der Waals surface area contributed by atoms with Crippen LogP contribution in [0.25, 0.3) is 0 Å². The number of pyridine rings is 1. The van der Waals surface area contributed by atoms with Gasteiger partial charge in [0, 0.05) is 36.1 Å². The van der Waals surface area contributed by atoms with Gasteiger partial charge in [0.2, 0.25) is 0 Å². The summed E-state index contributed by atoms with van der Waals surface area (Å²) in [5.74, 6) is 0.609. The van der Waals surface area contributed by atoms with Crippen LogP contribution in [0.1, 0.15) is 29.1 Å². The summed E-state index contributed by atoms with van der Waals surface area (Å²) in [5.41, 5.74) is 0.469. The zero-order valence-electron chi connectivity index (χ0n) is 14.9. The van der Waals surface area contributed by atoms with E-state index in [-0.39, 0.29) is 35.9 Å². The first kappa shape index (κ1) is 18.8. The molecule has 0 aromatic carbocycles. The summed E-state index contributed by atoms with van der Waals surface area (Å²) in [5, 5.41) is 5.39. The average Bonchev–Trinajstić information content (AvgIpc) is 3.16. The predicted molar refractivity (Wildman–Crippen MR) is 105 cm³/mol. The summed E-state index contributed by atoms with van der Waals surface area (Å²) in [6, 6.07) is 7.70. The van der Waals surface area contributed by atoms with Crippen LogP contribution in [-0.2, 0) is 15.3 Å². The molecule has 8 heteroatoms. The zero-order valence-corrected chi connectivity index (χ0v) is 16.6. The first-order valence-electron chi connectivity index (χ1n) is 8.50. The van der Waals surface area contributed by atoms with E-state index in [1.165, 1.54) is 4.88 Å². The van der Waals surface area contributed by atoms with Gasteiger partial charge in [-0.2, -0.15) is 0 Å². The molecular formula is C18H23N3O3S2. The number of carbonyl (C=O) groups excluding carboxylic acids is 1. The monoisotopic (exact) mass is 393 g/mol. The second-order valence-corrected chi connectivity index (χ2v) is 10.3. The van der Waals surface area contributed by atoms with E-state index < -0.39 is 9.84 Å². The fourth-order valence-electron chi connectivity index (χ4n) is 2.79. The molecule has 6 nitrogen and oxygen atoms in total. The van der Waals surface area contributed by atoms with Gasteiger partial charge in [-0.1, -0.05) is 19.9 Å². The fourth-order valence-corrected chi connectivity index (χ4v) is 4.84. The van der Waals surface area contributed by atoms with Gasteiger partial charge in [-0.15, -0.1) is 11.3 Å². The van der Waals surface area contributed by atoms with E-state index in [0.29, 0.717) is 11.4 Å². The first-order chi connectivity index (χ1) is 12.3. The molecule has 1 aliphatic rings. The van der Waals surface area contributed by atoms with Crippen molar-refractivity contribution in [3.8, 4) is 0 Å². The molecule has 0 atom stereocenters. The number of nitrogens with one attached hydrogen (secondary N) is 1. The summed E-state index contributed by atoms with van der Waals surface area (Å²) in [4.78, 5) is 19.7. The van der Waals surface area contributed by atoms with Crippen LogP contribution in [0, 0.1) is 0 Å². The van der Waals surface area contributed by atoms with Crippen LogP contribution in [0.2, 0.25) is 0 Å². The summed E-state index contributed by atoms with van der Waals surface area (Å²) >= 11 is 1.73. The molecule has 1 amide bonds. The number of anilines is 1. The van der Waals surface area contributed by atoms with E-state index in [9.17, 15) is 13.2 Å². The maximum absolute atomic E-state index is 12.5. The summed E-state index contributed by atoms with van der Waals surface area (Å²) < 4.78 is 23.0. The fraction of sp³-hybridized carbons (Fsp3) is 0.444. The molecular weight excluding hydrogens is 370 g/mol. The highest BCUT2D eigenvalue weighted by atomic mass is 32.2. The Balaban J connectivity index is 1.59. The third kappa shape index (κ3) is 4.42. The lowest BCUT2D eigenvalue weighted by atomic mass is 9.91. The van der Waals surface area contributed by atoms with Gasteiger partial charge in [0.25, 0.3) is 5.91 Å². The molecule has 1 N–H and O–H groups in total. The van der Waals surface area contributed by atoms with E-state index in [1.807, 2.05) is 6.07 Å². The second kappa shape index (κ2) is 7.36. The van der Waals surface area contributed by atoms with Crippen molar-refractivity contribution < 1.29 is 13.2 Å². The Labute approximate surface area is 158 Å². The number of aromatic nitrogens is 1. The van der Waals surface area contributed by atoms with Crippen molar-refractivity contribution in [1.29, 1.82) is 0 Å². The van der Waals surface area contributed by atoms with Gasteiger partial charge in [-0.05, 0) is 23.6 Å². The quantitative estimate of drug-likeness (QED) is 0.844. The zero-order chi connectivity index (χ0) is 18.8. The number of amides is 1. The Hall–Kier alpha value is -1.93. The molecule has 0 bridgehead atoms. The standard InChI is InChI=1S/C18H23N3O3S2/c1-18(2,15-4-3-9-25-15)13-20-16-6-5-14(12-19-16)17(22)21-7-10-26(23,24)11-8-21/h3-6,9,12H,7-8,10-11,13H2,1-2H3,(H,19,20). The van der Waals surface area contributed by atoms with Crippen LogP contribution < -0.4 is 5.32 Å². The van der Waals surface area contributed by atoms with Crippen molar-refractivity contribution in [2.75, 3.05) is 36.5 Å². The second-order valence-electron chi connectivity index (χ2n) is 7.09. The Bertz CT molecular complexity index is 846. The number of sulfone groups is 1. The Morgan fingerprint density at radius 1 is 1.27 bits per heavy atom. The van der Waals surface area contributed by atoms with Crippen LogP contribution in [0.15, 0.2) is 35.8 Å². The number of carbonyl (C=O) groups is 1. The highest BCUT2D eigenvalue weighted by Gasteiger charge is 2.26.